The number of hydrazine groups is 1. The van der Waals surface area contributed by atoms with E-state index in [2.05, 4.69) is 56.8 Å². The molecule has 2 aromatic heterocycles. The van der Waals surface area contributed by atoms with Gasteiger partial charge >= 0.3 is 0 Å². The molecule has 0 spiro atoms. The van der Waals surface area contributed by atoms with Gasteiger partial charge in [-0.3, -0.25) is 57.9 Å². The van der Waals surface area contributed by atoms with Crippen molar-refractivity contribution in [1.29, 1.82) is 10.8 Å². The summed E-state index contributed by atoms with van der Waals surface area (Å²) in [7, 11) is 0. The quantitative estimate of drug-likeness (QED) is 0.0163. The van der Waals surface area contributed by atoms with Crippen LogP contribution in [0.4, 0.5) is 34.1 Å². The number of hydrogen-bond acceptors (Lipinski definition) is 24. The van der Waals surface area contributed by atoms with E-state index in [1.165, 1.54) is 48.5 Å². The minimum Gasteiger partial charge on any atom is -0.481 e. The summed E-state index contributed by atoms with van der Waals surface area (Å²) in [4.78, 5) is 39.5. The van der Waals surface area contributed by atoms with Crippen LogP contribution >= 0.6 is 0 Å². The molecule has 0 bridgehead atoms. The monoisotopic (exact) mass is 1250 g/mol. The van der Waals surface area contributed by atoms with Gasteiger partial charge in [-0.15, -0.1) is 20.4 Å². The molecule has 77 heavy (non-hydrogen) atoms. The SMILES string of the molecule is CCO.CCO.CCOC(=N)CC(=N)OCC.N/C(C/C(N)=N/Nc1ccccc1[N+](=O)[O-])=N\Nc1ccccc1[N+](=O)[O-].NNc1ccccc1[N+](=O)[O-].[HH].[Pt].c1ccc2nc(Cc3nnc4ccccc4n3)nnc2c1. The van der Waals surface area contributed by atoms with Crippen molar-refractivity contribution < 1.29 is 56.9 Å². The first-order valence-electron chi connectivity index (χ1n) is 22.7. The number of benzene rings is 5. The number of nitro groups is 3. The number of rotatable bonds is 16. The van der Waals surface area contributed by atoms with Crippen LogP contribution in [0.3, 0.4) is 0 Å². The number of nitro benzene ring substituents is 3. The number of nitrogens with zero attached hydrogens (tertiary/aromatic N) is 11. The van der Waals surface area contributed by atoms with Gasteiger partial charge in [-0.05, 0) is 70.2 Å². The van der Waals surface area contributed by atoms with Gasteiger partial charge < -0.3 is 36.6 Å². The van der Waals surface area contributed by atoms with Gasteiger partial charge in [0.2, 0.25) is 0 Å². The van der Waals surface area contributed by atoms with Crippen LogP contribution in [0.2, 0.25) is 0 Å². The molecule has 5 aromatic carbocycles. The molecule has 0 unspecified atom stereocenters. The van der Waals surface area contributed by atoms with Crippen LogP contribution in [-0.2, 0) is 37.0 Å². The van der Waals surface area contributed by atoms with Gasteiger partial charge in [0.05, 0.1) is 58.3 Å². The van der Waals surface area contributed by atoms with Crippen molar-refractivity contribution in [3.63, 3.8) is 0 Å². The molecule has 7 rings (SSSR count). The van der Waals surface area contributed by atoms with Gasteiger partial charge in [-0.25, -0.2) is 9.97 Å². The van der Waals surface area contributed by atoms with Gasteiger partial charge in [0.1, 0.15) is 39.8 Å². The van der Waals surface area contributed by atoms with E-state index in [-0.39, 0.29) is 100 Å². The fraction of sp³-hybridized carbons (Fsp3) is 0.234. The van der Waals surface area contributed by atoms with Crippen molar-refractivity contribution in [2.24, 2.45) is 27.5 Å². The number of fused-ring (bicyclic) bond motifs is 2. The van der Waals surface area contributed by atoms with Crippen molar-refractivity contribution >= 4 is 79.7 Å². The fourth-order valence-corrected chi connectivity index (χ4v) is 5.46. The second-order valence-electron chi connectivity index (χ2n) is 14.2. The number of para-hydroxylation sites is 8. The zero-order valence-electron chi connectivity index (χ0n) is 42.1. The number of aromatic nitrogens is 6. The molecule has 0 saturated carbocycles. The minimum atomic E-state index is -0.555. The number of aliphatic hydroxyl groups excluding tert-OH is 2. The third-order valence-corrected chi connectivity index (χ3v) is 8.54. The third kappa shape index (κ3) is 25.0. The molecule has 7 aromatic rings. The Hall–Kier alpha value is -9.31. The number of nitrogens with one attached hydrogen (secondary N) is 5. The zero-order chi connectivity index (χ0) is 56.3. The van der Waals surface area contributed by atoms with Crippen LogP contribution in [0.1, 0.15) is 53.6 Å². The van der Waals surface area contributed by atoms with Gasteiger partial charge in [-0.2, -0.15) is 10.2 Å². The molecule has 0 radical (unpaired) electrons. The van der Waals surface area contributed by atoms with Crippen LogP contribution in [0, 0.1) is 41.2 Å². The van der Waals surface area contributed by atoms with Crippen LogP contribution < -0.4 is 33.6 Å². The molecule has 0 saturated heterocycles. The average molecular weight is 1250 g/mol. The molecule has 30 heteroatoms. The van der Waals surface area contributed by atoms with Gasteiger partial charge in [0, 0.05) is 53.9 Å². The number of nitrogens with two attached hydrogens (primary N) is 3. The fourth-order valence-electron chi connectivity index (χ4n) is 5.46. The third-order valence-electron chi connectivity index (χ3n) is 8.54. The van der Waals surface area contributed by atoms with Crippen molar-refractivity contribution in [2.45, 2.75) is 47.0 Å². The van der Waals surface area contributed by atoms with E-state index in [9.17, 15) is 30.3 Å². The second kappa shape index (κ2) is 37.4. The van der Waals surface area contributed by atoms with E-state index >= 15 is 0 Å². The largest absolute Gasteiger partial charge is 0.481 e. The summed E-state index contributed by atoms with van der Waals surface area (Å²) < 4.78 is 9.64. The molecule has 0 fully saturated rings. The maximum Gasteiger partial charge on any atom is 0.294 e. The van der Waals surface area contributed by atoms with Gasteiger partial charge in [0.25, 0.3) is 17.1 Å². The molecule has 0 aliphatic carbocycles. The molecule has 0 aliphatic rings. The molecule has 414 valence electrons. The van der Waals surface area contributed by atoms with Crippen LogP contribution in [-0.4, -0.2) is 105 Å². The Labute approximate surface area is 456 Å². The van der Waals surface area contributed by atoms with E-state index < -0.39 is 14.8 Å². The topological polar surface area (TPSA) is 452 Å². The average Bonchev–Trinajstić information content (AvgIpc) is 3.41. The molecular formula is C47H61N19O10Pt. The molecule has 29 nitrogen and oxygen atoms in total. The number of amidine groups is 2. The first kappa shape index (κ1) is 65.7. The number of nitrogen functional groups attached to an aromatic ring is 1. The van der Waals surface area contributed by atoms with E-state index in [0.717, 1.165) is 22.1 Å². The Bertz CT molecular complexity index is 2870. The van der Waals surface area contributed by atoms with Crippen LogP contribution in [0.15, 0.2) is 132 Å². The number of aliphatic hydroxyl groups is 2. The Kier molecular flexibility index (Phi) is 31.9. The molecule has 0 atom stereocenters. The molecule has 0 aliphatic heterocycles. The standard InChI is InChI=1S/C15H16N8O4.C15H10N6.C7H14N2O2.C6H7N3O2.2C2H6O.Pt.H2/c16-14(20-18-10-5-1-3-7-12(10)22(24)25)9-15(17)21-19-11-6-2-4-8-13(11)23(26)27;1-3-7-12-10(5-1)16-14(20-18-12)9-15-17-11-6-2-4-8-13(11)19-21-15;1-3-10-6(8)5-7(9)11-4-2;7-8-5-3-1-2-4-6(5)9(10)11;2*1-2-3;;/h1-8,18-19H,9H2,(H2,16,20)(H2,17,21);1-8H,9H2;8-9H,3-5H2,1-2H3;1-4,8H,7H2;2*3H,2H2,1H3;;1H. The predicted octanol–water partition coefficient (Wildman–Crippen LogP) is 6.44. The summed E-state index contributed by atoms with van der Waals surface area (Å²) in [6, 6.07) is 33.3. The Morgan fingerprint density at radius 3 is 1.19 bits per heavy atom. The van der Waals surface area contributed by atoms with Crippen molar-refractivity contribution in [2.75, 3.05) is 42.7 Å². The second-order valence-corrected chi connectivity index (χ2v) is 14.2. The number of hydrazone groups is 2. The van der Waals surface area contributed by atoms with Crippen molar-refractivity contribution in [1.82, 2.24) is 30.4 Å². The summed E-state index contributed by atoms with van der Waals surface area (Å²) in [5, 5.41) is 85.8. The number of hydrogen-bond donors (Lipinski definition) is 10. The molecule has 0 amide bonds. The smallest absolute Gasteiger partial charge is 0.294 e. The molecule has 13 N–H and O–H groups in total. The Morgan fingerprint density at radius 2 is 0.870 bits per heavy atom. The van der Waals surface area contributed by atoms with Crippen molar-refractivity contribution in [3.8, 4) is 0 Å². The maximum atomic E-state index is 10.9. The Balaban J connectivity index is 0.00000103. The zero-order valence-corrected chi connectivity index (χ0v) is 44.4. The van der Waals surface area contributed by atoms with Crippen LogP contribution in [0.25, 0.3) is 22.1 Å². The number of anilines is 3. The van der Waals surface area contributed by atoms with Gasteiger partial charge in [-0.1, -0.05) is 60.7 Å². The molecule has 2 heterocycles. The summed E-state index contributed by atoms with van der Waals surface area (Å²) in [5.41, 5.74) is 22.2. The first-order valence-corrected chi connectivity index (χ1v) is 22.7. The minimum absolute atomic E-state index is 0. The van der Waals surface area contributed by atoms with Gasteiger partial charge in [0.15, 0.2) is 23.4 Å². The van der Waals surface area contributed by atoms with E-state index in [1.54, 1.807) is 52.0 Å². The molecular weight excluding hydrogens is 1190 g/mol. The van der Waals surface area contributed by atoms with E-state index in [4.69, 9.17) is 47.8 Å². The van der Waals surface area contributed by atoms with Crippen LogP contribution in [0.5, 0.6) is 0 Å². The van der Waals surface area contributed by atoms with E-state index in [0.29, 0.717) is 37.0 Å². The summed E-state index contributed by atoms with van der Waals surface area (Å²) >= 11 is 0. The van der Waals surface area contributed by atoms with Crippen molar-refractivity contribution in [3.05, 3.63) is 163 Å². The van der Waals surface area contributed by atoms with E-state index in [1.807, 2.05) is 48.5 Å². The summed E-state index contributed by atoms with van der Waals surface area (Å²) in [6.07, 6.45) is 0.499. The maximum absolute atomic E-state index is 10.9. The summed E-state index contributed by atoms with van der Waals surface area (Å²) in [5.74, 6) is 6.41. The Morgan fingerprint density at radius 1 is 0.558 bits per heavy atom. The first-order chi connectivity index (χ1) is 36.5. The predicted molar refractivity (Wildman–Crippen MR) is 291 cm³/mol. The normalized spacial score (nSPS) is 10.2. The summed E-state index contributed by atoms with van der Waals surface area (Å²) in [6.45, 7) is 8.41. The number of ether oxygens (including phenoxy) is 2.